The molecule has 6 nitrogen and oxygen atoms in total. The molecule has 0 unspecified atom stereocenters. The molecule has 0 fully saturated rings. The van der Waals surface area contributed by atoms with Crippen LogP contribution in [0.25, 0.3) is 0 Å². The average molecular weight is 359 g/mol. The van der Waals surface area contributed by atoms with E-state index in [9.17, 15) is 9.46 Å². The Labute approximate surface area is 145 Å². The summed E-state index contributed by atoms with van der Waals surface area (Å²) in [6.45, 7) is 0. The maximum atomic E-state index is 11.7. The Morgan fingerprint density at radius 2 is 1.12 bits per heavy atom. The number of rotatable bonds is 4. The maximum Gasteiger partial charge on any atom is 0.584 e. The summed E-state index contributed by atoms with van der Waals surface area (Å²) in [5, 5.41) is 8.70. The van der Waals surface area contributed by atoms with Crippen LogP contribution in [0.4, 0.5) is 5.69 Å². The van der Waals surface area contributed by atoms with E-state index in [1.54, 1.807) is 84.9 Å². The molecule has 0 heterocycles. The minimum absolute atomic E-state index is 0.249. The lowest BCUT2D eigenvalue weighted by atomic mass is 10.3. The van der Waals surface area contributed by atoms with E-state index in [0.717, 1.165) is 0 Å². The molecule has 0 aliphatic rings. The van der Waals surface area contributed by atoms with Crippen LogP contribution in [0.3, 0.4) is 0 Å². The summed E-state index contributed by atoms with van der Waals surface area (Å²) in [5.74, 6) is 0.822. The molecule has 0 atom stereocenters. The lowest BCUT2D eigenvalue weighted by Gasteiger charge is -2.13. The fraction of sp³-hybridized carbons (Fsp3) is 0. The first-order valence-electron chi connectivity index (χ1n) is 7.31. The van der Waals surface area contributed by atoms with Gasteiger partial charge in [-0.05, 0) is 48.5 Å². The van der Waals surface area contributed by atoms with E-state index in [1.165, 1.54) is 0 Å². The number of hydrogen-bond acceptors (Lipinski definition) is 5. The Bertz CT molecular complexity index is 743. The summed E-state index contributed by atoms with van der Waals surface area (Å²) in [5.41, 5.74) is 5.98. The average Bonchev–Trinajstić information content (AvgIpc) is 2.59. The lowest BCUT2D eigenvalue weighted by Crippen LogP contribution is -1.99. The van der Waals surface area contributed by atoms with Crippen LogP contribution in [0.15, 0.2) is 84.9 Å². The van der Waals surface area contributed by atoms with Gasteiger partial charge >= 0.3 is 7.82 Å². The molecule has 0 aliphatic carbocycles. The van der Waals surface area contributed by atoms with Gasteiger partial charge < -0.3 is 19.9 Å². The summed E-state index contributed by atoms with van der Waals surface area (Å²) in [7, 11) is -4.14. The van der Waals surface area contributed by atoms with Crippen molar-refractivity contribution in [1.82, 2.24) is 0 Å². The number of phosphoric ester groups is 1. The summed E-state index contributed by atoms with van der Waals surface area (Å²) in [6.07, 6.45) is 0. The molecular formula is C18H18NO5P. The van der Waals surface area contributed by atoms with E-state index in [0.29, 0.717) is 5.69 Å². The summed E-state index contributed by atoms with van der Waals surface area (Å²) < 4.78 is 21.5. The van der Waals surface area contributed by atoms with Gasteiger partial charge in [0.1, 0.15) is 17.2 Å². The monoisotopic (exact) mass is 359 g/mol. The molecule has 0 bridgehead atoms. The topological polar surface area (TPSA) is 102 Å². The zero-order chi connectivity index (χ0) is 18.1. The minimum atomic E-state index is -4.14. The quantitative estimate of drug-likeness (QED) is 0.366. The first kappa shape index (κ1) is 18.4. The molecule has 130 valence electrons. The molecule has 3 aromatic carbocycles. The highest BCUT2D eigenvalue weighted by Crippen LogP contribution is 2.44. The third kappa shape index (κ3) is 6.99. The molecule has 0 saturated carbocycles. The Kier molecular flexibility index (Phi) is 6.46. The highest BCUT2D eigenvalue weighted by molar-refractivity contribution is 7.48. The smallest absolute Gasteiger partial charge is 0.508 e. The maximum absolute atomic E-state index is 11.7. The van der Waals surface area contributed by atoms with Gasteiger partial charge in [0.05, 0.1) is 0 Å². The van der Waals surface area contributed by atoms with Gasteiger partial charge in [-0.25, -0.2) is 4.57 Å². The Morgan fingerprint density at radius 3 is 1.48 bits per heavy atom. The molecule has 0 aliphatic heterocycles. The molecule has 4 N–H and O–H groups in total. The molecule has 0 amide bonds. The van der Waals surface area contributed by atoms with Gasteiger partial charge in [0, 0.05) is 5.69 Å². The zero-order valence-corrected chi connectivity index (χ0v) is 14.1. The van der Waals surface area contributed by atoms with Crippen molar-refractivity contribution in [3.8, 4) is 17.2 Å². The zero-order valence-electron chi connectivity index (χ0n) is 13.2. The van der Waals surface area contributed by atoms with E-state index in [1.807, 2.05) is 0 Å². The van der Waals surface area contributed by atoms with Crippen LogP contribution in [-0.2, 0) is 4.57 Å². The van der Waals surface area contributed by atoms with Crippen LogP contribution in [0.1, 0.15) is 0 Å². The normalized spacial score (nSPS) is 10.3. The molecule has 0 spiro atoms. The predicted molar refractivity (Wildman–Crippen MR) is 96.5 cm³/mol. The SMILES string of the molecule is Nc1ccc(O)cc1.O=P(O)(Oc1ccccc1)Oc1ccccc1. The van der Waals surface area contributed by atoms with E-state index >= 15 is 0 Å². The van der Waals surface area contributed by atoms with Gasteiger partial charge in [-0.1, -0.05) is 36.4 Å². The molecule has 7 heteroatoms. The third-order valence-electron chi connectivity index (χ3n) is 2.82. The van der Waals surface area contributed by atoms with Crippen LogP contribution < -0.4 is 14.8 Å². The molecule has 3 rings (SSSR count). The van der Waals surface area contributed by atoms with Gasteiger partial charge in [-0.3, -0.25) is 4.89 Å². The number of phenolic OH excluding ortho intramolecular Hbond substituents is 1. The Hall–Kier alpha value is -2.95. The van der Waals surface area contributed by atoms with Crippen molar-refractivity contribution in [3.05, 3.63) is 84.9 Å². The second-order valence-corrected chi connectivity index (χ2v) is 6.17. The van der Waals surface area contributed by atoms with Crippen molar-refractivity contribution in [2.45, 2.75) is 0 Å². The van der Waals surface area contributed by atoms with Crippen LogP contribution in [-0.4, -0.2) is 10.00 Å². The molecule has 0 radical (unpaired) electrons. The Balaban J connectivity index is 0.000000236. The standard InChI is InChI=1S/C12H11O4P.C6H7NO/c13-17(14,15-11-7-3-1-4-8-11)16-12-9-5-2-6-10-12;7-5-1-3-6(8)4-2-5/h1-10H,(H,13,14);1-4,8H,7H2. The number of aromatic hydroxyl groups is 1. The molecule has 3 aromatic rings. The summed E-state index contributed by atoms with van der Waals surface area (Å²) >= 11 is 0. The van der Waals surface area contributed by atoms with Crippen LogP contribution in [0.5, 0.6) is 17.2 Å². The number of phosphoric acid groups is 1. The molecular weight excluding hydrogens is 341 g/mol. The number of anilines is 1. The first-order chi connectivity index (χ1) is 11.9. The van der Waals surface area contributed by atoms with Crippen LogP contribution in [0.2, 0.25) is 0 Å². The third-order valence-corrected chi connectivity index (χ3v) is 3.70. The predicted octanol–water partition coefficient (Wildman–Crippen LogP) is 4.22. The number of hydrogen-bond donors (Lipinski definition) is 3. The highest BCUT2D eigenvalue weighted by atomic mass is 31.2. The van der Waals surface area contributed by atoms with Crippen molar-refractivity contribution < 1.29 is 23.6 Å². The van der Waals surface area contributed by atoms with Crippen LogP contribution >= 0.6 is 7.82 Å². The first-order valence-corrected chi connectivity index (χ1v) is 8.81. The van der Waals surface area contributed by atoms with E-state index in [2.05, 4.69) is 0 Å². The van der Waals surface area contributed by atoms with Gasteiger partial charge in [0.2, 0.25) is 0 Å². The van der Waals surface area contributed by atoms with E-state index in [4.69, 9.17) is 19.9 Å². The molecule has 25 heavy (non-hydrogen) atoms. The fourth-order valence-corrected chi connectivity index (χ4v) is 2.54. The van der Waals surface area contributed by atoms with E-state index in [-0.39, 0.29) is 17.2 Å². The number of nitrogens with two attached hydrogens (primary N) is 1. The number of para-hydroxylation sites is 2. The van der Waals surface area contributed by atoms with Crippen molar-refractivity contribution in [1.29, 1.82) is 0 Å². The molecule has 0 aromatic heterocycles. The van der Waals surface area contributed by atoms with Gasteiger partial charge in [0.15, 0.2) is 0 Å². The second-order valence-electron chi connectivity index (χ2n) is 4.87. The van der Waals surface area contributed by atoms with Crippen molar-refractivity contribution in [2.24, 2.45) is 0 Å². The van der Waals surface area contributed by atoms with E-state index < -0.39 is 7.82 Å². The largest absolute Gasteiger partial charge is 0.584 e. The fourth-order valence-electron chi connectivity index (χ4n) is 1.72. The number of benzene rings is 3. The Morgan fingerprint density at radius 1 is 0.720 bits per heavy atom. The van der Waals surface area contributed by atoms with Gasteiger partial charge in [0.25, 0.3) is 0 Å². The number of phenols is 1. The van der Waals surface area contributed by atoms with Gasteiger partial charge in [-0.15, -0.1) is 0 Å². The van der Waals surface area contributed by atoms with Crippen LogP contribution in [0, 0.1) is 0 Å². The summed E-state index contributed by atoms with van der Waals surface area (Å²) in [4.78, 5) is 9.53. The van der Waals surface area contributed by atoms with Crippen molar-refractivity contribution >= 4 is 13.5 Å². The van der Waals surface area contributed by atoms with Crippen molar-refractivity contribution in [2.75, 3.05) is 5.73 Å². The molecule has 0 saturated heterocycles. The summed E-state index contributed by atoms with van der Waals surface area (Å²) in [6, 6.07) is 23.1. The van der Waals surface area contributed by atoms with Gasteiger partial charge in [-0.2, -0.15) is 0 Å². The highest BCUT2D eigenvalue weighted by Gasteiger charge is 2.24. The number of nitrogen functional groups attached to an aromatic ring is 1. The van der Waals surface area contributed by atoms with Crippen molar-refractivity contribution in [3.63, 3.8) is 0 Å². The lowest BCUT2D eigenvalue weighted by molar-refractivity contribution is 0.291. The minimum Gasteiger partial charge on any atom is -0.508 e. The second kappa shape index (κ2) is 8.78.